The van der Waals surface area contributed by atoms with Crippen molar-refractivity contribution >= 4 is 27.8 Å². The summed E-state index contributed by atoms with van der Waals surface area (Å²) in [4.78, 5) is 12.8. The molecule has 1 N–H and O–H groups in total. The van der Waals surface area contributed by atoms with Crippen LogP contribution in [0.15, 0.2) is 76.7 Å². The lowest BCUT2D eigenvalue weighted by Crippen LogP contribution is -2.39. The molecule has 0 fully saturated rings. The highest BCUT2D eigenvalue weighted by atomic mass is 32.2. The molecule has 0 saturated heterocycles. The van der Waals surface area contributed by atoms with E-state index >= 15 is 0 Å². The molecule has 0 spiro atoms. The Labute approximate surface area is 205 Å². The molecule has 3 aromatic rings. The number of hydrogen-bond donors (Lipinski definition) is 1. The number of nitrogens with one attached hydrogen (secondary N) is 1. The average molecular weight is 498 g/mol. The summed E-state index contributed by atoms with van der Waals surface area (Å²) in [5.74, 6) is 0.749. The lowest BCUT2D eigenvalue weighted by atomic mass is 10.2. The summed E-state index contributed by atoms with van der Waals surface area (Å²) in [7, 11) is 0.405. The van der Waals surface area contributed by atoms with Gasteiger partial charge in [-0.2, -0.15) is 5.10 Å². The van der Waals surface area contributed by atoms with Crippen molar-refractivity contribution in [3.8, 4) is 17.2 Å². The number of hydrazone groups is 1. The maximum absolute atomic E-state index is 13.5. The van der Waals surface area contributed by atoms with E-state index in [2.05, 4.69) is 10.5 Å². The first-order valence-electron chi connectivity index (χ1n) is 10.6. The number of anilines is 1. The molecule has 0 aliphatic carbocycles. The van der Waals surface area contributed by atoms with Gasteiger partial charge in [0, 0.05) is 0 Å². The van der Waals surface area contributed by atoms with Crippen LogP contribution in [0.3, 0.4) is 0 Å². The van der Waals surface area contributed by atoms with Crippen LogP contribution in [-0.4, -0.2) is 48.4 Å². The highest BCUT2D eigenvalue weighted by molar-refractivity contribution is 7.92. The van der Waals surface area contributed by atoms with Gasteiger partial charge in [0.25, 0.3) is 15.9 Å². The van der Waals surface area contributed by atoms with Crippen molar-refractivity contribution in [1.29, 1.82) is 0 Å². The molecular weight excluding hydrogens is 470 g/mol. The zero-order valence-electron chi connectivity index (χ0n) is 19.9. The number of methoxy groups -OCH3 is 3. The van der Waals surface area contributed by atoms with Crippen molar-refractivity contribution in [2.24, 2.45) is 5.10 Å². The third kappa shape index (κ3) is 6.10. The van der Waals surface area contributed by atoms with Gasteiger partial charge in [-0.05, 0) is 60.5 Å². The van der Waals surface area contributed by atoms with Crippen LogP contribution in [0.5, 0.6) is 17.2 Å². The fraction of sp³-hybridized carbons (Fsp3) is 0.200. The van der Waals surface area contributed by atoms with Crippen LogP contribution >= 0.6 is 0 Å². The Bertz CT molecular complexity index is 1310. The van der Waals surface area contributed by atoms with Crippen molar-refractivity contribution < 1.29 is 27.4 Å². The number of ether oxygens (including phenoxy) is 3. The van der Waals surface area contributed by atoms with E-state index in [0.29, 0.717) is 22.8 Å². The number of carbonyl (C=O) groups is 1. The molecule has 0 atom stereocenters. The number of benzene rings is 3. The van der Waals surface area contributed by atoms with Gasteiger partial charge in [-0.3, -0.25) is 9.10 Å². The average Bonchev–Trinajstić information content (AvgIpc) is 2.87. The number of aryl methyl sites for hydroxylation is 1. The maximum Gasteiger partial charge on any atom is 0.264 e. The number of amides is 1. The van der Waals surface area contributed by atoms with Gasteiger partial charge in [0.05, 0.1) is 38.1 Å². The second kappa shape index (κ2) is 11.4. The van der Waals surface area contributed by atoms with Gasteiger partial charge in [-0.1, -0.05) is 24.3 Å². The van der Waals surface area contributed by atoms with Crippen LogP contribution in [0.4, 0.5) is 5.69 Å². The number of carbonyl (C=O) groups excluding carboxylic acids is 1. The first kappa shape index (κ1) is 25.6. The van der Waals surface area contributed by atoms with Gasteiger partial charge in [0.1, 0.15) is 12.3 Å². The smallest absolute Gasteiger partial charge is 0.264 e. The van der Waals surface area contributed by atoms with Gasteiger partial charge in [0.15, 0.2) is 11.5 Å². The zero-order valence-corrected chi connectivity index (χ0v) is 20.7. The third-order valence-corrected chi connectivity index (χ3v) is 6.81. The number of hydrogen-bond acceptors (Lipinski definition) is 7. The highest BCUT2D eigenvalue weighted by Gasteiger charge is 2.29. The Balaban J connectivity index is 1.88. The number of rotatable bonds is 10. The SMILES string of the molecule is COc1ccc(/C=N\NC(=O)CN(c2cc(C)ccc2OC)S(=O)(=O)c2ccccc2)cc1OC. The van der Waals surface area contributed by atoms with Gasteiger partial charge in [0.2, 0.25) is 0 Å². The Morgan fingerprint density at radius 3 is 2.23 bits per heavy atom. The fourth-order valence-electron chi connectivity index (χ4n) is 3.29. The summed E-state index contributed by atoms with van der Waals surface area (Å²) in [5, 5.41) is 3.96. The summed E-state index contributed by atoms with van der Waals surface area (Å²) >= 11 is 0. The second-order valence-electron chi connectivity index (χ2n) is 7.41. The molecule has 0 saturated carbocycles. The van der Waals surface area contributed by atoms with E-state index in [4.69, 9.17) is 14.2 Å². The zero-order chi connectivity index (χ0) is 25.4. The number of nitrogens with zero attached hydrogens (tertiary/aromatic N) is 2. The molecule has 35 heavy (non-hydrogen) atoms. The third-order valence-electron chi connectivity index (χ3n) is 5.03. The first-order chi connectivity index (χ1) is 16.8. The lowest BCUT2D eigenvalue weighted by Gasteiger charge is -2.25. The van der Waals surface area contributed by atoms with Crippen molar-refractivity contribution in [1.82, 2.24) is 5.43 Å². The summed E-state index contributed by atoms with van der Waals surface area (Å²) < 4.78 is 43.9. The van der Waals surface area contributed by atoms with Crippen molar-refractivity contribution in [3.05, 3.63) is 77.9 Å². The minimum absolute atomic E-state index is 0.0465. The van der Waals surface area contributed by atoms with Crippen molar-refractivity contribution in [2.75, 3.05) is 32.2 Å². The molecule has 3 aromatic carbocycles. The highest BCUT2D eigenvalue weighted by Crippen LogP contribution is 2.33. The van der Waals surface area contributed by atoms with Gasteiger partial charge in [-0.25, -0.2) is 13.8 Å². The van der Waals surface area contributed by atoms with E-state index in [1.807, 2.05) is 6.92 Å². The second-order valence-corrected chi connectivity index (χ2v) is 9.27. The molecule has 9 nitrogen and oxygen atoms in total. The minimum atomic E-state index is -4.08. The van der Waals surface area contributed by atoms with Crippen LogP contribution in [0.2, 0.25) is 0 Å². The molecule has 0 heterocycles. The van der Waals surface area contributed by atoms with Gasteiger partial charge in [-0.15, -0.1) is 0 Å². The molecule has 0 radical (unpaired) electrons. The van der Waals surface area contributed by atoms with E-state index in [1.54, 1.807) is 54.6 Å². The van der Waals surface area contributed by atoms with E-state index < -0.39 is 22.5 Å². The standard InChI is InChI=1S/C25H27N3O6S/c1-18-10-12-22(32-2)21(14-18)28(35(30,31)20-8-6-5-7-9-20)17-25(29)27-26-16-19-11-13-23(33-3)24(15-19)34-4/h5-16H,17H2,1-4H3,(H,27,29)/b26-16-. The summed E-state index contributed by atoms with van der Waals surface area (Å²) in [6.07, 6.45) is 1.42. The van der Waals surface area contributed by atoms with E-state index in [-0.39, 0.29) is 10.6 Å². The Morgan fingerprint density at radius 1 is 0.914 bits per heavy atom. The van der Waals surface area contributed by atoms with E-state index in [9.17, 15) is 13.2 Å². The van der Waals surface area contributed by atoms with E-state index in [0.717, 1.165) is 9.87 Å². The monoisotopic (exact) mass is 497 g/mol. The van der Waals surface area contributed by atoms with Crippen molar-refractivity contribution in [3.63, 3.8) is 0 Å². The summed E-state index contributed by atoms with van der Waals surface area (Å²) in [6, 6.07) is 18.1. The molecular formula is C25H27N3O6S. The fourth-order valence-corrected chi connectivity index (χ4v) is 4.74. The Kier molecular flexibility index (Phi) is 8.32. The predicted molar refractivity (Wildman–Crippen MR) is 134 cm³/mol. The topological polar surface area (TPSA) is 107 Å². The lowest BCUT2D eigenvalue weighted by molar-refractivity contribution is -0.119. The number of sulfonamides is 1. The molecule has 0 aliphatic heterocycles. The van der Waals surface area contributed by atoms with Gasteiger partial charge < -0.3 is 14.2 Å². The summed E-state index contributed by atoms with van der Waals surface area (Å²) in [5.41, 5.74) is 4.09. The molecule has 0 unspecified atom stereocenters. The van der Waals surface area contributed by atoms with E-state index in [1.165, 1.54) is 39.7 Å². The largest absolute Gasteiger partial charge is 0.495 e. The first-order valence-corrected chi connectivity index (χ1v) is 12.0. The normalized spacial score (nSPS) is 11.2. The maximum atomic E-state index is 13.5. The molecule has 0 aromatic heterocycles. The summed E-state index contributed by atoms with van der Waals surface area (Å²) in [6.45, 7) is 1.31. The Hall–Kier alpha value is -4.05. The minimum Gasteiger partial charge on any atom is -0.495 e. The Morgan fingerprint density at radius 2 is 1.57 bits per heavy atom. The van der Waals surface area contributed by atoms with Crippen LogP contribution in [0.1, 0.15) is 11.1 Å². The molecule has 0 bridgehead atoms. The van der Waals surface area contributed by atoms with Crippen LogP contribution in [-0.2, 0) is 14.8 Å². The predicted octanol–water partition coefficient (Wildman–Crippen LogP) is 3.37. The van der Waals surface area contributed by atoms with Crippen LogP contribution < -0.4 is 23.9 Å². The molecule has 3 rings (SSSR count). The molecule has 1 amide bonds. The van der Waals surface area contributed by atoms with Crippen LogP contribution in [0, 0.1) is 6.92 Å². The quantitative estimate of drug-likeness (QED) is 0.340. The van der Waals surface area contributed by atoms with Crippen LogP contribution in [0.25, 0.3) is 0 Å². The van der Waals surface area contributed by atoms with Gasteiger partial charge >= 0.3 is 0 Å². The van der Waals surface area contributed by atoms with Crippen molar-refractivity contribution in [2.45, 2.75) is 11.8 Å². The molecule has 0 aliphatic rings. The molecule has 10 heteroatoms. The molecule has 184 valence electrons.